The second kappa shape index (κ2) is 14.9. The molecule has 0 unspecified atom stereocenters. The number of carbonyl (C=O) groups is 1. The Hall–Kier alpha value is -1.63. The van der Waals surface area contributed by atoms with Crippen molar-refractivity contribution in [3.8, 4) is 0 Å². The number of likely N-dealkylation sites (N-methyl/N-ethyl adjacent to an activating group) is 1. The molecule has 2 aliphatic rings. The van der Waals surface area contributed by atoms with Gasteiger partial charge in [-0.15, -0.1) is 0 Å². The fourth-order valence-corrected chi connectivity index (χ4v) is 6.37. The Morgan fingerprint density at radius 2 is 2.00 bits per heavy atom. The average Bonchev–Trinajstić information content (AvgIpc) is 2.91. The zero-order chi connectivity index (χ0) is 25.8. The van der Waals surface area contributed by atoms with Gasteiger partial charge in [0.2, 0.25) is 0 Å². The number of nitrogens with zero attached hydrogens (tertiary/aromatic N) is 1. The molecule has 0 radical (unpaired) electrons. The summed E-state index contributed by atoms with van der Waals surface area (Å²) in [7, 11) is 3.69. The zero-order valence-electron chi connectivity index (χ0n) is 23.1. The highest BCUT2D eigenvalue weighted by Crippen LogP contribution is 2.40. The van der Waals surface area contributed by atoms with Gasteiger partial charge < -0.3 is 25.4 Å². The van der Waals surface area contributed by atoms with Crippen molar-refractivity contribution in [2.75, 3.05) is 40.4 Å². The van der Waals surface area contributed by atoms with E-state index in [1.54, 1.807) is 7.11 Å². The van der Waals surface area contributed by atoms with Gasteiger partial charge in [0, 0.05) is 45.3 Å². The lowest BCUT2D eigenvalue weighted by Crippen LogP contribution is -2.54. The van der Waals surface area contributed by atoms with E-state index >= 15 is 0 Å². The van der Waals surface area contributed by atoms with Gasteiger partial charge in [0.05, 0.1) is 5.60 Å². The Balaban J connectivity index is 1.70. The topological polar surface area (TPSA) is 73.8 Å². The molecule has 2 amide bonds. The molecule has 36 heavy (non-hydrogen) atoms. The number of aryl methyl sites for hydroxylation is 1. The van der Waals surface area contributed by atoms with Crippen molar-refractivity contribution in [1.29, 1.82) is 0 Å². The second-order valence-corrected chi connectivity index (χ2v) is 11.2. The standard InChI is InChI=1S/C30H51N3O3/c1-4-24-14-10-15-26(20-24)30(35,17-8-9-19-36-3)27-16-11-18-33(23-27)29(34)32-28(22-31-2)21-25-12-6-5-7-13-25/h10,14-15,20,25,27-28,31,35H,4-9,11-13,16-19,21-23H2,1-3H3,(H,32,34)/t27-,28+,30-/m1/s1. The number of piperidine rings is 1. The minimum atomic E-state index is -0.940. The predicted molar refractivity (Wildman–Crippen MR) is 147 cm³/mol. The molecule has 3 rings (SSSR count). The van der Waals surface area contributed by atoms with Crippen LogP contribution in [-0.2, 0) is 16.8 Å². The van der Waals surface area contributed by atoms with E-state index in [1.807, 2.05) is 11.9 Å². The molecule has 6 heteroatoms. The van der Waals surface area contributed by atoms with Crippen molar-refractivity contribution in [1.82, 2.24) is 15.5 Å². The van der Waals surface area contributed by atoms with Gasteiger partial charge in [-0.05, 0) is 69.0 Å². The summed E-state index contributed by atoms with van der Waals surface area (Å²) >= 11 is 0. The van der Waals surface area contributed by atoms with Crippen LogP contribution in [0, 0.1) is 11.8 Å². The smallest absolute Gasteiger partial charge is 0.317 e. The first-order chi connectivity index (χ1) is 17.5. The van der Waals surface area contributed by atoms with Gasteiger partial charge in [0.25, 0.3) is 0 Å². The van der Waals surface area contributed by atoms with Crippen molar-refractivity contribution >= 4 is 6.03 Å². The Morgan fingerprint density at radius 3 is 2.72 bits per heavy atom. The lowest BCUT2D eigenvalue weighted by atomic mass is 9.73. The summed E-state index contributed by atoms with van der Waals surface area (Å²) in [6.07, 6.45) is 12.9. The van der Waals surface area contributed by atoms with Gasteiger partial charge in [-0.3, -0.25) is 0 Å². The number of likely N-dealkylation sites (tertiary alicyclic amines) is 1. The molecule has 1 aromatic carbocycles. The number of amides is 2. The lowest BCUT2D eigenvalue weighted by molar-refractivity contribution is -0.0564. The Labute approximate surface area is 219 Å². The van der Waals surface area contributed by atoms with Crippen LogP contribution in [0.5, 0.6) is 0 Å². The Morgan fingerprint density at radius 1 is 1.19 bits per heavy atom. The largest absolute Gasteiger partial charge is 0.385 e. The molecule has 0 spiro atoms. The van der Waals surface area contributed by atoms with Crippen LogP contribution in [0.15, 0.2) is 24.3 Å². The number of nitrogens with one attached hydrogen (secondary N) is 2. The number of unbranched alkanes of at least 4 members (excludes halogenated alkanes) is 1. The van der Waals surface area contributed by atoms with Gasteiger partial charge in [-0.2, -0.15) is 0 Å². The first-order valence-corrected chi connectivity index (χ1v) is 14.5. The fraction of sp³-hybridized carbons (Fsp3) is 0.767. The van der Waals surface area contributed by atoms with E-state index in [0.29, 0.717) is 19.6 Å². The molecule has 2 fully saturated rings. The lowest BCUT2D eigenvalue weighted by Gasteiger charge is -2.43. The molecule has 1 aliphatic carbocycles. The maximum absolute atomic E-state index is 13.4. The second-order valence-electron chi connectivity index (χ2n) is 11.2. The van der Waals surface area contributed by atoms with Crippen molar-refractivity contribution in [2.24, 2.45) is 11.8 Å². The highest BCUT2D eigenvalue weighted by atomic mass is 16.5. The number of hydrogen-bond acceptors (Lipinski definition) is 4. The molecule has 6 nitrogen and oxygen atoms in total. The summed E-state index contributed by atoms with van der Waals surface area (Å²) in [5, 5.41) is 18.8. The minimum absolute atomic E-state index is 0.0211. The highest BCUT2D eigenvalue weighted by Gasteiger charge is 2.41. The predicted octanol–water partition coefficient (Wildman–Crippen LogP) is 5.23. The summed E-state index contributed by atoms with van der Waals surface area (Å²) in [5.41, 5.74) is 1.30. The quantitative estimate of drug-likeness (QED) is 0.324. The number of urea groups is 1. The van der Waals surface area contributed by atoms with Gasteiger partial charge in [0.1, 0.15) is 0 Å². The normalized spacial score (nSPS) is 21.7. The van der Waals surface area contributed by atoms with E-state index in [1.165, 1.54) is 37.7 Å². The summed E-state index contributed by atoms with van der Waals surface area (Å²) in [4.78, 5) is 15.4. The number of methoxy groups -OCH3 is 1. The van der Waals surface area contributed by atoms with Crippen LogP contribution in [0.1, 0.15) is 88.7 Å². The average molecular weight is 502 g/mol. The molecule has 1 heterocycles. The Kier molecular flexibility index (Phi) is 12.0. The molecule has 0 bridgehead atoms. The monoisotopic (exact) mass is 501 g/mol. The minimum Gasteiger partial charge on any atom is -0.385 e. The molecule has 3 N–H and O–H groups in total. The van der Waals surface area contributed by atoms with Crippen LogP contribution < -0.4 is 10.6 Å². The van der Waals surface area contributed by atoms with Gasteiger partial charge in [0.15, 0.2) is 0 Å². The first kappa shape index (κ1) is 28.9. The number of benzene rings is 1. The van der Waals surface area contributed by atoms with Crippen LogP contribution >= 0.6 is 0 Å². The first-order valence-electron chi connectivity index (χ1n) is 14.5. The summed E-state index contributed by atoms with van der Waals surface area (Å²) in [5.74, 6) is 0.738. The SMILES string of the molecule is CCc1cccc([C@](O)(CCCCOC)[C@@H]2CCCN(C(=O)N[C@H](CNC)CC3CCCCC3)C2)c1. The third-order valence-corrected chi connectivity index (χ3v) is 8.50. The van der Waals surface area contributed by atoms with Crippen LogP contribution in [0.2, 0.25) is 0 Å². The third-order valence-electron chi connectivity index (χ3n) is 8.50. The fourth-order valence-electron chi connectivity index (χ4n) is 6.37. The van der Waals surface area contributed by atoms with Crippen molar-refractivity contribution in [3.05, 3.63) is 35.4 Å². The molecular formula is C30H51N3O3. The van der Waals surface area contributed by atoms with E-state index in [-0.39, 0.29) is 18.0 Å². The van der Waals surface area contributed by atoms with Crippen molar-refractivity contribution in [2.45, 2.75) is 95.6 Å². The summed E-state index contributed by atoms with van der Waals surface area (Å²) < 4.78 is 5.26. The summed E-state index contributed by atoms with van der Waals surface area (Å²) in [6, 6.07) is 8.61. The number of hydrogen-bond donors (Lipinski definition) is 3. The van der Waals surface area contributed by atoms with E-state index in [4.69, 9.17) is 4.74 Å². The van der Waals surface area contributed by atoms with Crippen molar-refractivity contribution in [3.63, 3.8) is 0 Å². The zero-order valence-corrected chi connectivity index (χ0v) is 23.1. The molecule has 1 saturated heterocycles. The van der Waals surface area contributed by atoms with Crippen molar-refractivity contribution < 1.29 is 14.6 Å². The van der Waals surface area contributed by atoms with E-state index in [0.717, 1.165) is 63.1 Å². The van der Waals surface area contributed by atoms with Gasteiger partial charge >= 0.3 is 6.03 Å². The molecule has 1 saturated carbocycles. The number of carbonyl (C=O) groups excluding carboxylic acids is 1. The Bertz CT molecular complexity index is 782. The summed E-state index contributed by atoms with van der Waals surface area (Å²) in [6.45, 7) is 5.01. The maximum atomic E-state index is 13.4. The highest BCUT2D eigenvalue weighted by molar-refractivity contribution is 5.74. The van der Waals surface area contributed by atoms with Crippen LogP contribution in [-0.4, -0.2) is 62.5 Å². The molecule has 1 aromatic rings. The van der Waals surface area contributed by atoms with Gasteiger partial charge in [-0.25, -0.2) is 4.79 Å². The van der Waals surface area contributed by atoms with Crippen LogP contribution in [0.3, 0.4) is 0 Å². The van der Waals surface area contributed by atoms with Gasteiger partial charge in [-0.1, -0.05) is 63.3 Å². The molecule has 204 valence electrons. The molecule has 1 aliphatic heterocycles. The maximum Gasteiger partial charge on any atom is 0.317 e. The number of ether oxygens (including phenoxy) is 1. The van der Waals surface area contributed by atoms with Crippen LogP contribution in [0.4, 0.5) is 4.79 Å². The number of aliphatic hydroxyl groups is 1. The molecule has 3 atom stereocenters. The molecule has 0 aromatic heterocycles. The van der Waals surface area contributed by atoms with E-state index < -0.39 is 5.60 Å². The third kappa shape index (κ3) is 8.19. The molecular weight excluding hydrogens is 450 g/mol. The van der Waals surface area contributed by atoms with E-state index in [2.05, 4.69) is 41.8 Å². The van der Waals surface area contributed by atoms with E-state index in [9.17, 15) is 9.90 Å². The van der Waals surface area contributed by atoms with Crippen LogP contribution in [0.25, 0.3) is 0 Å². The number of rotatable bonds is 13.